The van der Waals surface area contributed by atoms with Crippen LogP contribution in [0.25, 0.3) is 0 Å². The topological polar surface area (TPSA) is 67.2 Å². The second kappa shape index (κ2) is 3.87. The molecular weight excluding hydrogens is 178 g/mol. The summed E-state index contributed by atoms with van der Waals surface area (Å²) < 4.78 is 26.2. The van der Waals surface area contributed by atoms with Crippen molar-refractivity contribution in [1.29, 1.82) is 5.26 Å². The molecule has 0 rings (SSSR count). The molecule has 5 heteroatoms. The van der Waals surface area contributed by atoms with Gasteiger partial charge < -0.3 is 0 Å². The van der Waals surface area contributed by atoms with Gasteiger partial charge in [-0.3, -0.25) is 0 Å². The van der Waals surface area contributed by atoms with E-state index in [9.17, 15) is 8.42 Å². The van der Waals surface area contributed by atoms with Crippen molar-refractivity contribution in [2.75, 3.05) is 6.26 Å². The molecule has 0 fully saturated rings. The van der Waals surface area contributed by atoms with Crippen molar-refractivity contribution < 1.29 is 12.6 Å². The lowest BCUT2D eigenvalue weighted by atomic mass is 10.0. The first-order valence-electron chi connectivity index (χ1n) is 3.71. The molecule has 0 heterocycles. The first-order chi connectivity index (χ1) is 5.39. The van der Waals surface area contributed by atoms with Gasteiger partial charge in [0.1, 0.15) is 0 Å². The maximum atomic E-state index is 10.8. The lowest BCUT2D eigenvalue weighted by molar-refractivity contribution is 0.129. The zero-order valence-electron chi connectivity index (χ0n) is 7.49. The molecule has 0 N–H and O–H groups in total. The lowest BCUT2D eigenvalue weighted by Gasteiger charge is -2.21. The molecule has 0 spiro atoms. The van der Waals surface area contributed by atoms with Gasteiger partial charge in [0.05, 0.1) is 12.3 Å². The van der Waals surface area contributed by atoms with E-state index in [4.69, 9.17) is 5.26 Å². The minimum atomic E-state index is -3.54. The number of hydrogen-bond acceptors (Lipinski definition) is 4. The highest BCUT2D eigenvalue weighted by Gasteiger charge is 2.31. The van der Waals surface area contributed by atoms with Crippen LogP contribution in [0.4, 0.5) is 0 Å². The summed E-state index contributed by atoms with van der Waals surface area (Å²) in [5, 5.41) is 8.70. The standard InChI is InChI=1S/C7H13NO3S/c1-4-7(5-2,6-8)11-12(3,9)10/h4-5H2,1-3H3. The summed E-state index contributed by atoms with van der Waals surface area (Å²) in [7, 11) is -3.54. The molecule has 0 saturated heterocycles. The summed E-state index contributed by atoms with van der Waals surface area (Å²) in [4.78, 5) is 0. The molecule has 0 aromatic carbocycles. The number of rotatable bonds is 4. The minimum Gasteiger partial charge on any atom is -0.248 e. The number of hydrogen-bond donors (Lipinski definition) is 0. The Morgan fingerprint density at radius 1 is 1.42 bits per heavy atom. The third-order valence-corrected chi connectivity index (χ3v) is 2.28. The molecule has 12 heavy (non-hydrogen) atoms. The number of nitrogens with zero attached hydrogens (tertiary/aromatic N) is 1. The molecule has 0 saturated carbocycles. The quantitative estimate of drug-likeness (QED) is 0.623. The fourth-order valence-electron chi connectivity index (χ4n) is 0.834. The molecule has 0 amide bonds. The zero-order chi connectivity index (χ0) is 9.83. The molecular formula is C7H13NO3S. The summed E-state index contributed by atoms with van der Waals surface area (Å²) in [6, 6.07) is 1.87. The molecule has 0 aliphatic rings. The molecule has 0 aromatic rings. The van der Waals surface area contributed by atoms with E-state index < -0.39 is 15.7 Å². The van der Waals surface area contributed by atoms with Crippen molar-refractivity contribution in [1.82, 2.24) is 0 Å². The van der Waals surface area contributed by atoms with Crippen molar-refractivity contribution in [2.45, 2.75) is 32.3 Å². The Morgan fingerprint density at radius 2 is 1.83 bits per heavy atom. The number of nitriles is 1. The Balaban J connectivity index is 4.68. The summed E-state index contributed by atoms with van der Waals surface area (Å²) in [6.45, 7) is 3.44. The predicted octanol–water partition coefficient (Wildman–Crippen LogP) is 1.04. The summed E-state index contributed by atoms with van der Waals surface area (Å²) >= 11 is 0. The van der Waals surface area contributed by atoms with Crippen LogP contribution in [-0.4, -0.2) is 20.3 Å². The van der Waals surface area contributed by atoms with E-state index in [0.717, 1.165) is 6.26 Å². The maximum Gasteiger partial charge on any atom is 0.265 e. The molecule has 0 unspecified atom stereocenters. The van der Waals surface area contributed by atoms with Crippen LogP contribution in [0.5, 0.6) is 0 Å². The van der Waals surface area contributed by atoms with Crippen LogP contribution in [0.15, 0.2) is 0 Å². The van der Waals surface area contributed by atoms with Crippen molar-refractivity contribution in [3.05, 3.63) is 0 Å². The van der Waals surface area contributed by atoms with Crippen LogP contribution in [0.3, 0.4) is 0 Å². The van der Waals surface area contributed by atoms with Crippen LogP contribution in [-0.2, 0) is 14.3 Å². The minimum absolute atomic E-state index is 0.368. The SMILES string of the molecule is CCC(C#N)(CC)OS(C)(=O)=O. The van der Waals surface area contributed by atoms with Crippen molar-refractivity contribution in [2.24, 2.45) is 0 Å². The third-order valence-electron chi connectivity index (χ3n) is 1.66. The lowest BCUT2D eigenvalue weighted by Crippen LogP contribution is -2.31. The second-order valence-corrected chi connectivity index (χ2v) is 4.18. The van der Waals surface area contributed by atoms with Crippen LogP contribution < -0.4 is 0 Å². The van der Waals surface area contributed by atoms with Gasteiger partial charge in [-0.2, -0.15) is 13.7 Å². The van der Waals surface area contributed by atoms with Gasteiger partial charge in [0, 0.05) is 0 Å². The van der Waals surface area contributed by atoms with E-state index in [1.807, 2.05) is 6.07 Å². The Hall–Kier alpha value is -0.600. The largest absolute Gasteiger partial charge is 0.265 e. The van der Waals surface area contributed by atoms with Gasteiger partial charge in [-0.15, -0.1) is 0 Å². The molecule has 0 aliphatic carbocycles. The van der Waals surface area contributed by atoms with Crippen LogP contribution >= 0.6 is 0 Å². The van der Waals surface area contributed by atoms with Crippen LogP contribution in [0.1, 0.15) is 26.7 Å². The van der Waals surface area contributed by atoms with Gasteiger partial charge in [-0.25, -0.2) is 4.18 Å². The molecule has 0 radical (unpaired) electrons. The van der Waals surface area contributed by atoms with Crippen molar-refractivity contribution >= 4 is 10.1 Å². The van der Waals surface area contributed by atoms with Gasteiger partial charge in [0.2, 0.25) is 0 Å². The molecule has 4 nitrogen and oxygen atoms in total. The smallest absolute Gasteiger partial charge is 0.248 e. The summed E-state index contributed by atoms with van der Waals surface area (Å²) in [6.07, 6.45) is 1.69. The van der Waals surface area contributed by atoms with Gasteiger partial charge in [-0.05, 0) is 12.8 Å². The monoisotopic (exact) mass is 191 g/mol. The molecule has 0 bridgehead atoms. The fraction of sp³-hybridized carbons (Fsp3) is 0.857. The Kier molecular flexibility index (Phi) is 3.68. The zero-order valence-corrected chi connectivity index (χ0v) is 8.31. The fourth-order valence-corrected chi connectivity index (χ4v) is 1.69. The average Bonchev–Trinajstić information content (AvgIpc) is 1.99. The third kappa shape index (κ3) is 3.20. The molecule has 70 valence electrons. The molecule has 0 atom stereocenters. The van der Waals surface area contributed by atoms with Gasteiger partial charge in [0.25, 0.3) is 10.1 Å². The molecule has 0 aliphatic heterocycles. The van der Waals surface area contributed by atoms with E-state index in [0.29, 0.717) is 12.8 Å². The van der Waals surface area contributed by atoms with Crippen LogP contribution in [0.2, 0.25) is 0 Å². The van der Waals surface area contributed by atoms with E-state index in [2.05, 4.69) is 4.18 Å². The Morgan fingerprint density at radius 3 is 1.92 bits per heavy atom. The maximum absolute atomic E-state index is 10.8. The molecule has 0 aromatic heterocycles. The van der Waals surface area contributed by atoms with E-state index >= 15 is 0 Å². The highest BCUT2D eigenvalue weighted by molar-refractivity contribution is 7.86. The Bertz CT molecular complexity index is 272. The Labute approximate surface area is 73.3 Å². The van der Waals surface area contributed by atoms with Gasteiger partial charge >= 0.3 is 0 Å². The highest BCUT2D eigenvalue weighted by Crippen LogP contribution is 2.21. The average molecular weight is 191 g/mol. The van der Waals surface area contributed by atoms with Gasteiger partial charge in [-0.1, -0.05) is 13.8 Å². The van der Waals surface area contributed by atoms with Crippen LogP contribution in [0, 0.1) is 11.3 Å². The van der Waals surface area contributed by atoms with E-state index in [-0.39, 0.29) is 0 Å². The normalized spacial score (nSPS) is 12.5. The van der Waals surface area contributed by atoms with Gasteiger partial charge in [0.15, 0.2) is 5.60 Å². The first-order valence-corrected chi connectivity index (χ1v) is 5.52. The second-order valence-electron chi connectivity index (χ2n) is 2.60. The van der Waals surface area contributed by atoms with E-state index in [1.165, 1.54) is 0 Å². The van der Waals surface area contributed by atoms with Crippen molar-refractivity contribution in [3.63, 3.8) is 0 Å². The van der Waals surface area contributed by atoms with E-state index in [1.54, 1.807) is 13.8 Å². The summed E-state index contributed by atoms with van der Waals surface area (Å²) in [5.41, 5.74) is -1.17. The van der Waals surface area contributed by atoms with Crippen molar-refractivity contribution in [3.8, 4) is 6.07 Å². The highest BCUT2D eigenvalue weighted by atomic mass is 32.2. The predicted molar refractivity (Wildman–Crippen MR) is 44.9 cm³/mol. The first kappa shape index (κ1) is 11.4. The summed E-state index contributed by atoms with van der Waals surface area (Å²) in [5.74, 6) is 0.